The monoisotopic (exact) mass is 1010 g/mol. The van der Waals surface area contributed by atoms with Crippen LogP contribution in [0.25, 0.3) is 11.1 Å². The number of carbonyl (C=O) groups is 4. The number of carbonyl (C=O) groups excluding carboxylic acids is 3. The van der Waals surface area contributed by atoms with E-state index in [1.165, 1.54) is 52.7 Å². The molecule has 11 heteroatoms. The number of aliphatic carboxylic acids is 1. The standard InChI is InChI=1S/C31H46N2O3.C17H23N.C14H25NO4/c1-20(2)17-28-27-18-26-21(3)9-8-10-24(26)25(27)15-16-33(28)29(34)23-13-11-22(12-14-23)19-32(7)30(35)36-31(4,5)6;1-11(2)9-17-16-10-15-12(3)5-4-6-13(15)14(16)7-8-18-17;1-14(2,3)19-13(18)15(4)9-10-5-7-11(8-6-10)12(16)17/h8-10,20,22-23,28H,11-19H2,1-7H3;4-6,11,17-18H,7-10H2,1-3H3;10-11H,5-9H2,1-4H3,(H,16,17). The van der Waals surface area contributed by atoms with E-state index in [1.807, 2.05) is 48.6 Å². The Kier molecular flexibility index (Phi) is 19.6. The first-order chi connectivity index (χ1) is 34.3. The average molecular weight is 1010 g/mol. The van der Waals surface area contributed by atoms with Gasteiger partial charge in [0, 0.05) is 45.7 Å². The van der Waals surface area contributed by atoms with E-state index in [2.05, 4.69) is 88.2 Å². The number of nitrogens with zero attached hydrogens (tertiary/aromatic N) is 3. The highest BCUT2D eigenvalue weighted by molar-refractivity contribution is 5.85. The molecule has 0 spiro atoms. The topological polar surface area (TPSA) is 129 Å². The second kappa shape index (κ2) is 24.8. The van der Waals surface area contributed by atoms with E-state index < -0.39 is 17.2 Å². The Hall–Kier alpha value is -4.64. The number of fused-ring (bicyclic) bond motifs is 4. The molecule has 8 rings (SSSR count). The van der Waals surface area contributed by atoms with Crippen LogP contribution in [0.5, 0.6) is 0 Å². The molecule has 73 heavy (non-hydrogen) atoms. The summed E-state index contributed by atoms with van der Waals surface area (Å²) in [6.45, 7) is 28.2. The minimum atomic E-state index is -0.695. The van der Waals surface area contributed by atoms with Crippen LogP contribution >= 0.6 is 0 Å². The molecule has 0 bridgehead atoms. The summed E-state index contributed by atoms with van der Waals surface area (Å²) in [4.78, 5) is 54.5. The van der Waals surface area contributed by atoms with E-state index in [1.54, 1.807) is 39.1 Å². The van der Waals surface area contributed by atoms with Crippen molar-refractivity contribution in [2.24, 2.45) is 35.5 Å². The number of carboxylic acid groups (broad SMARTS) is 1. The molecule has 3 amide bonds. The summed E-state index contributed by atoms with van der Waals surface area (Å²) < 4.78 is 10.8. The first-order valence-corrected chi connectivity index (χ1v) is 28.1. The van der Waals surface area contributed by atoms with Gasteiger partial charge in [-0.1, -0.05) is 64.1 Å². The predicted molar refractivity (Wildman–Crippen MR) is 295 cm³/mol. The van der Waals surface area contributed by atoms with Crippen molar-refractivity contribution < 1.29 is 33.8 Å². The highest BCUT2D eigenvalue weighted by Gasteiger charge is 2.41. The van der Waals surface area contributed by atoms with Gasteiger partial charge in [-0.05, 0) is 231 Å². The van der Waals surface area contributed by atoms with Crippen LogP contribution in [0.4, 0.5) is 9.59 Å². The van der Waals surface area contributed by atoms with E-state index >= 15 is 0 Å². The normalized spacial score (nSPS) is 23.5. The summed E-state index contributed by atoms with van der Waals surface area (Å²) in [5.74, 6) is 1.69. The summed E-state index contributed by atoms with van der Waals surface area (Å²) in [6.07, 6.45) is 13.1. The van der Waals surface area contributed by atoms with Gasteiger partial charge in [0.15, 0.2) is 0 Å². The second-order valence-corrected chi connectivity index (χ2v) is 25.4. The van der Waals surface area contributed by atoms with E-state index in [4.69, 9.17) is 14.6 Å². The molecule has 2 saturated carbocycles. The Labute approximate surface area is 440 Å². The van der Waals surface area contributed by atoms with Crippen LogP contribution in [-0.4, -0.2) is 107 Å². The summed E-state index contributed by atoms with van der Waals surface area (Å²) in [5.41, 5.74) is 14.2. The Bertz CT molecular complexity index is 2320. The molecule has 0 radical (unpaired) electrons. The lowest BCUT2D eigenvalue weighted by Crippen LogP contribution is -2.48. The molecular weight excluding hydrogens is 913 g/mol. The molecule has 404 valence electrons. The maximum Gasteiger partial charge on any atom is 0.410 e. The number of rotatable bonds is 10. The molecule has 2 atom stereocenters. The molecular formula is C62H94N4O7. The smallest absolute Gasteiger partial charge is 0.410 e. The van der Waals surface area contributed by atoms with Gasteiger partial charge >= 0.3 is 18.2 Å². The van der Waals surface area contributed by atoms with Crippen LogP contribution < -0.4 is 5.32 Å². The minimum Gasteiger partial charge on any atom is -0.481 e. The predicted octanol–water partition coefficient (Wildman–Crippen LogP) is 13.1. The van der Waals surface area contributed by atoms with E-state index in [9.17, 15) is 19.2 Å². The Morgan fingerprint density at radius 1 is 0.658 bits per heavy atom. The molecule has 2 heterocycles. The van der Waals surface area contributed by atoms with Gasteiger partial charge in [0.05, 0.1) is 12.0 Å². The number of amides is 3. The minimum absolute atomic E-state index is 0.107. The van der Waals surface area contributed by atoms with Crippen molar-refractivity contribution >= 4 is 35.2 Å². The zero-order valence-electron chi connectivity index (χ0n) is 47.5. The third-order valence-corrected chi connectivity index (χ3v) is 16.1. The van der Waals surface area contributed by atoms with E-state index in [-0.39, 0.29) is 30.1 Å². The fourth-order valence-electron chi connectivity index (χ4n) is 12.4. The Morgan fingerprint density at radius 2 is 1.11 bits per heavy atom. The Morgan fingerprint density at radius 3 is 1.56 bits per heavy atom. The molecule has 0 aromatic heterocycles. The van der Waals surface area contributed by atoms with Gasteiger partial charge in [0.1, 0.15) is 11.2 Å². The number of aryl methyl sites for hydroxylation is 2. The van der Waals surface area contributed by atoms with Crippen LogP contribution in [0, 0.1) is 49.4 Å². The number of hydrogen-bond donors (Lipinski definition) is 2. The van der Waals surface area contributed by atoms with Crippen LogP contribution in [0.15, 0.2) is 47.5 Å². The number of ether oxygens (including phenoxy) is 2. The van der Waals surface area contributed by atoms with Gasteiger partial charge in [0.25, 0.3) is 0 Å². The Balaban J connectivity index is 0.000000197. The maximum atomic E-state index is 13.9. The lowest BCUT2D eigenvalue weighted by atomic mass is 9.80. The lowest BCUT2D eigenvalue weighted by molar-refractivity contribution is -0.143. The van der Waals surface area contributed by atoms with Crippen molar-refractivity contribution in [1.29, 1.82) is 0 Å². The third-order valence-electron chi connectivity index (χ3n) is 16.1. The summed E-state index contributed by atoms with van der Waals surface area (Å²) in [7, 11) is 3.56. The van der Waals surface area contributed by atoms with Crippen LogP contribution in [-0.2, 0) is 31.9 Å². The van der Waals surface area contributed by atoms with Crippen LogP contribution in [0.3, 0.4) is 0 Å². The number of carboxylic acids is 1. The first-order valence-electron chi connectivity index (χ1n) is 28.1. The lowest BCUT2D eigenvalue weighted by Gasteiger charge is -2.41. The number of hydrogen-bond acceptors (Lipinski definition) is 7. The summed E-state index contributed by atoms with van der Waals surface area (Å²) in [5, 5.41) is 12.7. The van der Waals surface area contributed by atoms with Gasteiger partial charge < -0.3 is 34.6 Å². The SMILES string of the molecule is CN(CC1CCC(C(=O)O)CC1)C(=O)OC(C)(C)C.Cc1cccc2c1CC1=C2CCN(C(=O)C2CCC(CN(C)C(=O)OC(C)(C)C)CC2)C1CC(C)C.Cc1cccc2c1CC1=C2CCNC1CC(C)C. The first kappa shape index (κ1) is 57.6. The largest absolute Gasteiger partial charge is 0.481 e. The van der Waals surface area contributed by atoms with Crippen molar-refractivity contribution in [3.8, 4) is 0 Å². The zero-order valence-corrected chi connectivity index (χ0v) is 47.5. The molecule has 6 aliphatic rings. The van der Waals surface area contributed by atoms with Crippen molar-refractivity contribution in [3.05, 3.63) is 80.9 Å². The highest BCUT2D eigenvalue weighted by Crippen LogP contribution is 2.45. The summed E-state index contributed by atoms with van der Waals surface area (Å²) in [6, 6.07) is 14.3. The van der Waals surface area contributed by atoms with Gasteiger partial charge in [-0.3, -0.25) is 9.59 Å². The zero-order chi connectivity index (χ0) is 53.5. The van der Waals surface area contributed by atoms with E-state index in [0.717, 1.165) is 76.8 Å². The number of nitrogens with one attached hydrogen (secondary N) is 1. The summed E-state index contributed by atoms with van der Waals surface area (Å²) >= 11 is 0. The maximum absolute atomic E-state index is 13.9. The van der Waals surface area contributed by atoms with Gasteiger partial charge in [0.2, 0.25) is 5.91 Å². The molecule has 2 aromatic carbocycles. The molecule has 2 N–H and O–H groups in total. The van der Waals surface area contributed by atoms with Crippen molar-refractivity contribution in [2.75, 3.05) is 40.3 Å². The third kappa shape index (κ3) is 15.5. The number of benzene rings is 2. The van der Waals surface area contributed by atoms with Gasteiger partial charge in [-0.2, -0.15) is 0 Å². The quantitative estimate of drug-likeness (QED) is 0.241. The van der Waals surface area contributed by atoms with E-state index in [0.29, 0.717) is 55.6 Å². The highest BCUT2D eigenvalue weighted by atomic mass is 16.6. The second-order valence-electron chi connectivity index (χ2n) is 25.4. The van der Waals surface area contributed by atoms with Crippen LogP contribution in [0.2, 0.25) is 0 Å². The van der Waals surface area contributed by atoms with Crippen molar-refractivity contribution in [1.82, 2.24) is 20.0 Å². The molecule has 2 fully saturated rings. The molecule has 2 aliphatic heterocycles. The van der Waals surface area contributed by atoms with Crippen LogP contribution in [0.1, 0.15) is 180 Å². The van der Waals surface area contributed by atoms with Gasteiger partial charge in [-0.15, -0.1) is 0 Å². The van der Waals surface area contributed by atoms with Crippen molar-refractivity contribution in [3.63, 3.8) is 0 Å². The molecule has 0 saturated heterocycles. The fourth-order valence-corrected chi connectivity index (χ4v) is 12.4. The molecule has 2 aromatic rings. The van der Waals surface area contributed by atoms with Crippen molar-refractivity contribution in [2.45, 2.75) is 196 Å². The molecule has 4 aliphatic carbocycles. The van der Waals surface area contributed by atoms with Gasteiger partial charge in [-0.25, -0.2) is 9.59 Å². The molecule has 2 unspecified atom stereocenters. The molecule has 11 nitrogen and oxygen atoms in total. The average Bonchev–Trinajstić information content (AvgIpc) is 3.90. The fraction of sp³-hybridized carbons (Fsp3) is 0.677.